The normalized spacial score (nSPS) is 11.9. The van der Waals surface area contributed by atoms with Gasteiger partial charge in [0.15, 0.2) is 4.80 Å². The monoisotopic (exact) mass is 473 g/mol. The molecule has 35 heavy (non-hydrogen) atoms. The fourth-order valence-corrected chi connectivity index (χ4v) is 5.29. The Labute approximate surface area is 207 Å². The van der Waals surface area contributed by atoms with Crippen molar-refractivity contribution in [2.75, 3.05) is 7.11 Å². The van der Waals surface area contributed by atoms with Crippen LogP contribution in [0.2, 0.25) is 0 Å². The zero-order valence-electron chi connectivity index (χ0n) is 19.5. The molecule has 0 atom stereocenters. The number of benzene rings is 4. The predicted molar refractivity (Wildman–Crippen MR) is 145 cm³/mol. The highest BCUT2D eigenvalue weighted by molar-refractivity contribution is 7.07. The van der Waals surface area contributed by atoms with Gasteiger partial charge >= 0.3 is 0 Å². The van der Waals surface area contributed by atoms with Crippen LogP contribution in [0.25, 0.3) is 38.8 Å². The summed E-state index contributed by atoms with van der Waals surface area (Å²) < 4.78 is 7.62. The SMILES string of the molecule is COc1ccc(-n2c(-c3ccccc3)csc2=Nc2c3ccccc3nc3ccc(C)cc23)cc1. The number of aryl methyl sites for hydroxylation is 1. The second-order valence-corrected chi connectivity index (χ2v) is 9.25. The number of hydrogen-bond acceptors (Lipinski definition) is 4. The molecule has 0 N–H and O–H groups in total. The number of hydrogen-bond donors (Lipinski definition) is 0. The Balaban J connectivity index is 1.69. The molecular formula is C30H23N3OS. The lowest BCUT2D eigenvalue weighted by Gasteiger charge is -2.11. The number of rotatable bonds is 4. The van der Waals surface area contributed by atoms with Crippen molar-refractivity contribution in [2.24, 2.45) is 4.99 Å². The van der Waals surface area contributed by atoms with Gasteiger partial charge in [0.25, 0.3) is 0 Å². The van der Waals surface area contributed by atoms with Crippen LogP contribution in [0.4, 0.5) is 5.69 Å². The molecule has 0 amide bonds. The minimum Gasteiger partial charge on any atom is -0.497 e. The summed E-state index contributed by atoms with van der Waals surface area (Å²) in [6.07, 6.45) is 0. The molecule has 0 aliphatic rings. The molecular weight excluding hydrogens is 450 g/mol. The van der Waals surface area contributed by atoms with Gasteiger partial charge < -0.3 is 4.74 Å². The van der Waals surface area contributed by atoms with Gasteiger partial charge in [0.2, 0.25) is 0 Å². The summed E-state index contributed by atoms with van der Waals surface area (Å²) in [5.41, 5.74) is 7.29. The van der Waals surface area contributed by atoms with Crippen LogP contribution in [-0.2, 0) is 0 Å². The lowest BCUT2D eigenvalue weighted by molar-refractivity contribution is 0.414. The number of ether oxygens (including phenoxy) is 1. The molecule has 0 aliphatic carbocycles. The van der Waals surface area contributed by atoms with E-state index in [-0.39, 0.29) is 0 Å². The van der Waals surface area contributed by atoms with Crippen molar-refractivity contribution in [3.8, 4) is 22.7 Å². The van der Waals surface area contributed by atoms with E-state index in [0.29, 0.717) is 0 Å². The maximum atomic E-state index is 5.40. The van der Waals surface area contributed by atoms with E-state index in [1.807, 2.05) is 30.3 Å². The Bertz CT molecular complexity index is 1730. The van der Waals surface area contributed by atoms with Crippen molar-refractivity contribution in [3.05, 3.63) is 113 Å². The lowest BCUT2D eigenvalue weighted by Crippen LogP contribution is -2.13. The Hall–Kier alpha value is -4.22. The molecule has 0 saturated heterocycles. The van der Waals surface area contributed by atoms with Crippen LogP contribution in [0.15, 0.2) is 107 Å². The van der Waals surface area contributed by atoms with Gasteiger partial charge in [-0.1, -0.05) is 60.2 Å². The van der Waals surface area contributed by atoms with E-state index >= 15 is 0 Å². The second-order valence-electron chi connectivity index (χ2n) is 8.41. The zero-order valence-corrected chi connectivity index (χ0v) is 20.3. The standard InChI is InChI=1S/C30H23N3OS/c1-20-12-17-27-25(18-20)29(24-10-6-7-11-26(24)31-27)32-30-33(22-13-15-23(34-2)16-14-22)28(19-35-30)21-8-4-3-5-9-21/h3-19H,1-2H3. The number of para-hydroxylation sites is 1. The largest absolute Gasteiger partial charge is 0.497 e. The lowest BCUT2D eigenvalue weighted by atomic mass is 10.1. The number of pyridine rings is 1. The van der Waals surface area contributed by atoms with E-state index < -0.39 is 0 Å². The highest BCUT2D eigenvalue weighted by Crippen LogP contribution is 2.34. The summed E-state index contributed by atoms with van der Waals surface area (Å²) in [4.78, 5) is 11.1. The first-order valence-corrected chi connectivity index (χ1v) is 12.3. The van der Waals surface area contributed by atoms with Crippen LogP contribution in [0.5, 0.6) is 5.75 Å². The zero-order chi connectivity index (χ0) is 23.8. The van der Waals surface area contributed by atoms with Crippen molar-refractivity contribution in [1.29, 1.82) is 0 Å². The molecule has 4 aromatic carbocycles. The van der Waals surface area contributed by atoms with Crippen molar-refractivity contribution >= 4 is 38.8 Å². The van der Waals surface area contributed by atoms with E-state index in [1.54, 1.807) is 18.4 Å². The molecule has 4 nitrogen and oxygen atoms in total. The van der Waals surface area contributed by atoms with Crippen LogP contribution in [-0.4, -0.2) is 16.7 Å². The van der Waals surface area contributed by atoms with Gasteiger partial charge in [-0.05, 0) is 55.0 Å². The van der Waals surface area contributed by atoms with Gasteiger partial charge in [0.05, 0.1) is 29.5 Å². The van der Waals surface area contributed by atoms with Crippen LogP contribution < -0.4 is 9.54 Å². The van der Waals surface area contributed by atoms with Gasteiger partial charge in [-0.2, -0.15) is 0 Å². The number of aromatic nitrogens is 2. The third-order valence-electron chi connectivity index (χ3n) is 6.12. The Kier molecular flexibility index (Phi) is 5.39. The molecule has 170 valence electrons. The highest BCUT2D eigenvalue weighted by Gasteiger charge is 2.13. The van der Waals surface area contributed by atoms with E-state index in [0.717, 1.165) is 55.0 Å². The van der Waals surface area contributed by atoms with Crippen LogP contribution >= 0.6 is 11.3 Å². The summed E-state index contributed by atoms with van der Waals surface area (Å²) in [6.45, 7) is 2.11. The Morgan fingerprint density at radius 2 is 1.54 bits per heavy atom. The number of methoxy groups -OCH3 is 1. The van der Waals surface area contributed by atoms with E-state index in [1.165, 1.54) is 5.56 Å². The Morgan fingerprint density at radius 1 is 0.800 bits per heavy atom. The fourth-order valence-electron chi connectivity index (χ4n) is 4.38. The van der Waals surface area contributed by atoms with Gasteiger partial charge in [-0.25, -0.2) is 9.98 Å². The van der Waals surface area contributed by atoms with Crippen molar-refractivity contribution < 1.29 is 4.74 Å². The minimum atomic E-state index is 0.825. The first kappa shape index (κ1) is 21.3. The van der Waals surface area contributed by atoms with Gasteiger partial charge in [-0.15, -0.1) is 11.3 Å². The number of thiazole rings is 1. The first-order chi connectivity index (χ1) is 17.2. The maximum absolute atomic E-state index is 5.40. The first-order valence-electron chi connectivity index (χ1n) is 11.5. The summed E-state index contributed by atoms with van der Waals surface area (Å²) in [5.74, 6) is 0.825. The highest BCUT2D eigenvalue weighted by atomic mass is 32.1. The molecule has 0 unspecified atom stereocenters. The van der Waals surface area contributed by atoms with Gasteiger partial charge in [-0.3, -0.25) is 4.57 Å². The molecule has 0 saturated carbocycles. The molecule has 0 radical (unpaired) electrons. The summed E-state index contributed by atoms with van der Waals surface area (Å²) in [6, 6.07) is 33.1. The van der Waals surface area contributed by atoms with Gasteiger partial charge in [0, 0.05) is 21.8 Å². The van der Waals surface area contributed by atoms with Crippen LogP contribution in [0.3, 0.4) is 0 Å². The molecule has 2 aromatic heterocycles. The van der Waals surface area contributed by atoms with E-state index in [2.05, 4.69) is 83.6 Å². The Morgan fingerprint density at radius 3 is 2.34 bits per heavy atom. The van der Waals surface area contributed by atoms with E-state index in [4.69, 9.17) is 14.7 Å². The average Bonchev–Trinajstić information content (AvgIpc) is 3.33. The molecule has 0 aliphatic heterocycles. The van der Waals surface area contributed by atoms with Crippen molar-refractivity contribution in [2.45, 2.75) is 6.92 Å². The molecule has 0 bridgehead atoms. The summed E-state index contributed by atoms with van der Waals surface area (Å²) in [5, 5.41) is 4.27. The number of fused-ring (bicyclic) bond motifs is 2. The third kappa shape index (κ3) is 3.90. The predicted octanol–water partition coefficient (Wildman–Crippen LogP) is 7.46. The number of nitrogens with zero attached hydrogens (tertiary/aromatic N) is 3. The minimum absolute atomic E-state index is 0.825. The molecule has 0 fully saturated rings. The van der Waals surface area contributed by atoms with Gasteiger partial charge in [0.1, 0.15) is 5.75 Å². The average molecular weight is 474 g/mol. The topological polar surface area (TPSA) is 39.4 Å². The van der Waals surface area contributed by atoms with Crippen LogP contribution in [0.1, 0.15) is 5.56 Å². The molecule has 2 heterocycles. The maximum Gasteiger partial charge on any atom is 0.195 e. The molecule has 0 spiro atoms. The van der Waals surface area contributed by atoms with Crippen molar-refractivity contribution in [3.63, 3.8) is 0 Å². The summed E-state index contributed by atoms with van der Waals surface area (Å²) >= 11 is 1.64. The molecule has 6 aromatic rings. The third-order valence-corrected chi connectivity index (χ3v) is 6.95. The second kappa shape index (κ2) is 8.85. The quantitative estimate of drug-likeness (QED) is 0.249. The molecule has 6 rings (SSSR count). The smallest absolute Gasteiger partial charge is 0.195 e. The van der Waals surface area contributed by atoms with Crippen LogP contribution in [0, 0.1) is 6.92 Å². The molecule has 5 heteroatoms. The fraction of sp³-hybridized carbons (Fsp3) is 0.0667. The van der Waals surface area contributed by atoms with E-state index in [9.17, 15) is 0 Å². The van der Waals surface area contributed by atoms with Crippen molar-refractivity contribution in [1.82, 2.24) is 9.55 Å². The summed E-state index contributed by atoms with van der Waals surface area (Å²) in [7, 11) is 1.69.